The summed E-state index contributed by atoms with van der Waals surface area (Å²) in [4.78, 5) is 8.27. The van der Waals surface area contributed by atoms with Gasteiger partial charge in [-0.15, -0.1) is 0 Å². The Morgan fingerprint density at radius 1 is 1.32 bits per heavy atom. The molecule has 2 rings (SSSR count). The molecular formula is C13H14BrN3O2. The first-order valence-corrected chi connectivity index (χ1v) is 6.50. The zero-order valence-electron chi connectivity index (χ0n) is 10.7. The molecule has 0 saturated carbocycles. The first-order chi connectivity index (χ1) is 9.24. The van der Waals surface area contributed by atoms with E-state index in [4.69, 9.17) is 9.47 Å². The number of aromatic nitrogens is 2. The van der Waals surface area contributed by atoms with Crippen LogP contribution in [0.1, 0.15) is 5.56 Å². The van der Waals surface area contributed by atoms with Crippen LogP contribution in [0.5, 0.6) is 17.6 Å². The minimum absolute atomic E-state index is 0.253. The van der Waals surface area contributed by atoms with Gasteiger partial charge in [0.2, 0.25) is 5.88 Å². The van der Waals surface area contributed by atoms with Crippen molar-refractivity contribution >= 4 is 15.9 Å². The number of benzene rings is 1. The van der Waals surface area contributed by atoms with Gasteiger partial charge < -0.3 is 14.8 Å². The summed E-state index contributed by atoms with van der Waals surface area (Å²) in [6.07, 6.45) is 1.60. The zero-order chi connectivity index (χ0) is 13.7. The predicted octanol–water partition coefficient (Wildman–Crippen LogP) is 2.76. The highest BCUT2D eigenvalue weighted by atomic mass is 79.9. The van der Waals surface area contributed by atoms with Crippen LogP contribution in [0.4, 0.5) is 0 Å². The molecule has 6 heteroatoms. The van der Waals surface area contributed by atoms with Crippen LogP contribution < -0.4 is 14.8 Å². The summed E-state index contributed by atoms with van der Waals surface area (Å²) in [6, 6.07) is 7.99. The van der Waals surface area contributed by atoms with Crippen molar-refractivity contribution in [2.24, 2.45) is 0 Å². The first-order valence-electron chi connectivity index (χ1n) is 5.71. The van der Waals surface area contributed by atoms with Gasteiger partial charge in [-0.1, -0.05) is 18.2 Å². The van der Waals surface area contributed by atoms with Crippen LogP contribution in [-0.2, 0) is 6.54 Å². The molecule has 0 aliphatic carbocycles. The van der Waals surface area contributed by atoms with Gasteiger partial charge in [-0.05, 0) is 29.0 Å². The van der Waals surface area contributed by atoms with Crippen LogP contribution in [-0.4, -0.2) is 24.1 Å². The largest absolute Gasteiger partial charge is 0.480 e. The lowest BCUT2D eigenvalue weighted by Gasteiger charge is -2.10. The minimum atomic E-state index is 0.253. The number of nitrogens with zero attached hydrogens (tertiary/aromatic N) is 2. The molecule has 0 saturated heterocycles. The van der Waals surface area contributed by atoms with Gasteiger partial charge in [-0.2, -0.15) is 4.98 Å². The number of hydrogen-bond donors (Lipinski definition) is 1. The monoisotopic (exact) mass is 323 g/mol. The van der Waals surface area contributed by atoms with E-state index < -0.39 is 0 Å². The van der Waals surface area contributed by atoms with Crippen LogP contribution in [0.3, 0.4) is 0 Å². The minimum Gasteiger partial charge on any atom is -0.480 e. The van der Waals surface area contributed by atoms with Crippen LogP contribution in [0.15, 0.2) is 34.9 Å². The summed E-state index contributed by atoms with van der Waals surface area (Å²) in [5.41, 5.74) is 1.04. The molecule has 0 unspecified atom stereocenters. The van der Waals surface area contributed by atoms with Gasteiger partial charge in [0.15, 0.2) is 0 Å². The van der Waals surface area contributed by atoms with Gasteiger partial charge in [0.25, 0.3) is 0 Å². The first kappa shape index (κ1) is 13.8. The lowest BCUT2D eigenvalue weighted by molar-refractivity contribution is 0.372. The van der Waals surface area contributed by atoms with E-state index in [2.05, 4.69) is 31.2 Å². The molecule has 0 radical (unpaired) electrons. The molecule has 0 aliphatic rings. The van der Waals surface area contributed by atoms with Gasteiger partial charge in [0.05, 0.1) is 17.8 Å². The average molecular weight is 324 g/mol. The molecule has 1 heterocycles. The topological polar surface area (TPSA) is 56.3 Å². The fourth-order valence-electron chi connectivity index (χ4n) is 1.57. The van der Waals surface area contributed by atoms with Crippen molar-refractivity contribution in [3.8, 4) is 17.6 Å². The number of nitrogens with one attached hydrogen (secondary N) is 1. The van der Waals surface area contributed by atoms with E-state index in [-0.39, 0.29) is 6.01 Å². The highest BCUT2D eigenvalue weighted by molar-refractivity contribution is 9.10. The van der Waals surface area contributed by atoms with E-state index in [1.54, 1.807) is 13.3 Å². The standard InChI is InChI=1S/C13H14BrN3O2/c1-15-7-9-5-3-4-6-11(9)19-13-16-8-10(14)12(17-13)18-2/h3-6,8,15H,7H2,1-2H3. The van der Waals surface area contributed by atoms with E-state index in [1.165, 1.54) is 0 Å². The Morgan fingerprint density at radius 2 is 2.11 bits per heavy atom. The summed E-state index contributed by atoms with van der Waals surface area (Å²) in [5.74, 6) is 1.16. The van der Waals surface area contributed by atoms with E-state index in [0.29, 0.717) is 16.9 Å². The van der Waals surface area contributed by atoms with Crippen molar-refractivity contribution in [3.05, 3.63) is 40.5 Å². The fourth-order valence-corrected chi connectivity index (χ4v) is 1.92. The fraction of sp³-hybridized carbons (Fsp3) is 0.231. The Morgan fingerprint density at radius 3 is 2.84 bits per heavy atom. The van der Waals surface area contributed by atoms with Crippen LogP contribution in [0.25, 0.3) is 0 Å². The quantitative estimate of drug-likeness (QED) is 0.916. The number of para-hydroxylation sites is 1. The summed E-state index contributed by atoms with van der Waals surface area (Å²) < 4.78 is 11.5. The molecule has 0 bridgehead atoms. The van der Waals surface area contributed by atoms with Crippen molar-refractivity contribution in [3.63, 3.8) is 0 Å². The highest BCUT2D eigenvalue weighted by Crippen LogP contribution is 2.27. The second-order valence-corrected chi connectivity index (χ2v) is 4.60. The van der Waals surface area contributed by atoms with Crippen molar-refractivity contribution in [1.82, 2.24) is 15.3 Å². The zero-order valence-corrected chi connectivity index (χ0v) is 12.3. The predicted molar refractivity (Wildman–Crippen MR) is 75.6 cm³/mol. The van der Waals surface area contributed by atoms with E-state index in [1.807, 2.05) is 31.3 Å². The molecule has 0 amide bonds. The molecule has 0 atom stereocenters. The number of halogens is 1. The van der Waals surface area contributed by atoms with Crippen molar-refractivity contribution in [2.45, 2.75) is 6.54 Å². The molecule has 5 nitrogen and oxygen atoms in total. The van der Waals surface area contributed by atoms with Gasteiger partial charge in [-0.25, -0.2) is 4.98 Å². The van der Waals surface area contributed by atoms with Gasteiger partial charge >= 0.3 is 6.01 Å². The molecule has 0 aliphatic heterocycles. The van der Waals surface area contributed by atoms with Crippen molar-refractivity contribution in [2.75, 3.05) is 14.2 Å². The van der Waals surface area contributed by atoms with Gasteiger partial charge in [0, 0.05) is 12.1 Å². The molecule has 1 aromatic carbocycles. The molecule has 1 aromatic heterocycles. The van der Waals surface area contributed by atoms with E-state index >= 15 is 0 Å². The Kier molecular flexibility index (Phi) is 4.70. The maximum atomic E-state index is 5.70. The van der Waals surface area contributed by atoms with Gasteiger partial charge in [-0.3, -0.25) is 0 Å². The Hall–Kier alpha value is -1.66. The molecule has 19 heavy (non-hydrogen) atoms. The summed E-state index contributed by atoms with van der Waals surface area (Å²) >= 11 is 3.30. The maximum Gasteiger partial charge on any atom is 0.325 e. The van der Waals surface area contributed by atoms with Gasteiger partial charge in [0.1, 0.15) is 5.75 Å². The third-order valence-corrected chi connectivity index (χ3v) is 2.97. The number of rotatable bonds is 5. The Bertz CT molecular complexity index is 563. The molecule has 1 N–H and O–H groups in total. The normalized spacial score (nSPS) is 10.3. The smallest absolute Gasteiger partial charge is 0.325 e. The third kappa shape index (κ3) is 3.42. The second-order valence-electron chi connectivity index (χ2n) is 3.75. The summed E-state index contributed by atoms with van der Waals surface area (Å²) in [6.45, 7) is 0.712. The average Bonchev–Trinajstić information content (AvgIpc) is 2.43. The van der Waals surface area contributed by atoms with E-state index in [0.717, 1.165) is 11.3 Å². The molecule has 0 spiro atoms. The molecule has 0 fully saturated rings. The van der Waals surface area contributed by atoms with Crippen molar-refractivity contribution < 1.29 is 9.47 Å². The molecule has 100 valence electrons. The SMILES string of the molecule is CNCc1ccccc1Oc1ncc(Br)c(OC)n1. The molecular weight excluding hydrogens is 310 g/mol. The number of ether oxygens (including phenoxy) is 2. The number of hydrogen-bond acceptors (Lipinski definition) is 5. The van der Waals surface area contributed by atoms with Crippen LogP contribution in [0.2, 0.25) is 0 Å². The second kappa shape index (κ2) is 6.49. The van der Waals surface area contributed by atoms with E-state index in [9.17, 15) is 0 Å². The number of methoxy groups -OCH3 is 1. The highest BCUT2D eigenvalue weighted by Gasteiger charge is 2.09. The van der Waals surface area contributed by atoms with Crippen LogP contribution >= 0.6 is 15.9 Å². The van der Waals surface area contributed by atoms with Crippen LogP contribution in [0, 0.1) is 0 Å². The summed E-state index contributed by atoms with van der Waals surface area (Å²) in [7, 11) is 3.43. The summed E-state index contributed by atoms with van der Waals surface area (Å²) in [5, 5.41) is 3.09. The third-order valence-electron chi connectivity index (χ3n) is 2.42. The lowest BCUT2D eigenvalue weighted by atomic mass is 10.2. The Labute approximate surface area is 120 Å². The lowest BCUT2D eigenvalue weighted by Crippen LogP contribution is -2.06. The molecule has 2 aromatic rings. The maximum absolute atomic E-state index is 5.70. The Balaban J connectivity index is 2.26. The van der Waals surface area contributed by atoms with Crippen molar-refractivity contribution in [1.29, 1.82) is 0 Å².